The van der Waals surface area contributed by atoms with Crippen molar-refractivity contribution in [2.75, 3.05) is 6.61 Å². The molecule has 0 bridgehead atoms. The fraction of sp³-hybridized carbons (Fsp3) is 0.333. The van der Waals surface area contributed by atoms with Crippen molar-refractivity contribution in [1.82, 2.24) is 9.85 Å². The van der Waals surface area contributed by atoms with Gasteiger partial charge in [-0.25, -0.2) is 10.3 Å². The predicted octanol–water partition coefficient (Wildman–Crippen LogP) is 4.30. The van der Waals surface area contributed by atoms with Gasteiger partial charge in [-0.1, -0.05) is 29.3 Å². The zero-order chi connectivity index (χ0) is 16.2. The zero-order valence-corrected chi connectivity index (χ0v) is 14.4. The van der Waals surface area contributed by atoms with E-state index in [2.05, 4.69) is 9.85 Å². The first-order valence-electron chi connectivity index (χ1n) is 7.13. The van der Waals surface area contributed by atoms with Crippen LogP contribution in [-0.4, -0.2) is 23.2 Å². The molecule has 0 saturated carbocycles. The van der Waals surface area contributed by atoms with Crippen molar-refractivity contribution in [2.45, 2.75) is 25.6 Å². The molecule has 1 aliphatic rings. The van der Waals surface area contributed by atoms with E-state index in [4.69, 9.17) is 32.8 Å². The van der Waals surface area contributed by atoms with E-state index in [0.29, 0.717) is 27.2 Å². The molecule has 1 N–H and O–H groups in total. The zero-order valence-electron chi connectivity index (χ0n) is 12.1. The summed E-state index contributed by atoms with van der Waals surface area (Å²) >= 11 is 13.0. The lowest BCUT2D eigenvalue weighted by molar-refractivity contribution is -0.186. The first kappa shape index (κ1) is 16.7. The third-order valence-corrected chi connectivity index (χ3v) is 4.90. The Bertz CT molecular complexity index is 702. The molecule has 1 aromatic carbocycles. The van der Waals surface area contributed by atoms with Gasteiger partial charge in [-0.3, -0.25) is 4.79 Å². The minimum atomic E-state index is -0.379. The maximum Gasteiger partial charge on any atom is 0.286 e. The quantitative estimate of drug-likeness (QED) is 0.812. The van der Waals surface area contributed by atoms with Gasteiger partial charge in [0, 0.05) is 18.6 Å². The van der Waals surface area contributed by atoms with Crippen LogP contribution in [0.5, 0.6) is 0 Å². The Morgan fingerprint density at radius 3 is 2.91 bits per heavy atom. The van der Waals surface area contributed by atoms with E-state index in [9.17, 15) is 4.79 Å². The first-order chi connectivity index (χ1) is 11.1. The smallest absolute Gasteiger partial charge is 0.286 e. The molecule has 122 valence electrons. The number of benzene rings is 1. The first-order valence-corrected chi connectivity index (χ1v) is 8.66. The molecule has 1 amide bonds. The average Bonchev–Trinajstić information content (AvgIpc) is 3.06. The molecule has 0 spiro atoms. The van der Waals surface area contributed by atoms with Gasteiger partial charge >= 0.3 is 0 Å². The highest BCUT2D eigenvalue weighted by Crippen LogP contribution is 2.29. The van der Waals surface area contributed by atoms with Gasteiger partial charge in [-0.15, -0.1) is 0 Å². The van der Waals surface area contributed by atoms with Crippen LogP contribution in [0.1, 0.15) is 28.9 Å². The monoisotopic (exact) mass is 372 g/mol. The minimum Gasteiger partial charge on any atom is -0.350 e. The lowest BCUT2D eigenvalue weighted by Crippen LogP contribution is -2.32. The number of amides is 1. The molecule has 2 aromatic rings. The topological polar surface area (TPSA) is 60.5 Å². The van der Waals surface area contributed by atoms with Crippen LogP contribution in [0.15, 0.2) is 24.3 Å². The van der Waals surface area contributed by atoms with E-state index >= 15 is 0 Å². The third kappa shape index (κ3) is 4.22. The number of carbonyl (C=O) groups excluding carboxylic acids is 1. The van der Waals surface area contributed by atoms with Crippen LogP contribution >= 0.6 is 34.7 Å². The number of ether oxygens (including phenoxy) is 1. The lowest BCUT2D eigenvalue weighted by atomic mass is 10.1. The molecule has 0 radical (unpaired) electrons. The molecule has 1 unspecified atom stereocenters. The number of hydrogen-bond donors (Lipinski definition) is 1. The van der Waals surface area contributed by atoms with Crippen molar-refractivity contribution >= 4 is 40.6 Å². The highest BCUT2D eigenvalue weighted by Gasteiger charge is 2.18. The van der Waals surface area contributed by atoms with Gasteiger partial charge in [0.05, 0.1) is 15.7 Å². The number of nitrogens with one attached hydrogen (secondary N) is 1. The van der Waals surface area contributed by atoms with E-state index < -0.39 is 0 Å². The van der Waals surface area contributed by atoms with Crippen molar-refractivity contribution in [2.24, 2.45) is 0 Å². The summed E-state index contributed by atoms with van der Waals surface area (Å²) in [5.41, 5.74) is 3.87. The van der Waals surface area contributed by atoms with E-state index in [1.54, 1.807) is 24.3 Å². The Hall–Kier alpha value is -1.18. The Labute approximate surface area is 147 Å². The van der Waals surface area contributed by atoms with Crippen molar-refractivity contribution < 1.29 is 14.4 Å². The Morgan fingerprint density at radius 2 is 2.17 bits per heavy atom. The van der Waals surface area contributed by atoms with Gasteiger partial charge in [-0.05, 0) is 42.6 Å². The number of halogens is 2. The van der Waals surface area contributed by atoms with E-state index in [0.717, 1.165) is 36.4 Å². The average molecular weight is 373 g/mol. The lowest BCUT2D eigenvalue weighted by Gasteiger charge is -2.21. The molecule has 1 saturated heterocycles. The highest BCUT2D eigenvalue weighted by molar-refractivity contribution is 7.08. The molecule has 1 atom stereocenters. The van der Waals surface area contributed by atoms with Gasteiger partial charge in [0.25, 0.3) is 5.91 Å². The van der Waals surface area contributed by atoms with E-state index in [1.807, 2.05) is 0 Å². The molecule has 1 aromatic heterocycles. The van der Waals surface area contributed by atoms with Crippen molar-refractivity contribution in [1.29, 1.82) is 0 Å². The van der Waals surface area contributed by atoms with Crippen LogP contribution in [0, 0.1) is 0 Å². The maximum absolute atomic E-state index is 12.1. The summed E-state index contributed by atoms with van der Waals surface area (Å²) in [5, 5.41) is 0.922. The number of hydrogen-bond acceptors (Lipinski definition) is 5. The summed E-state index contributed by atoms with van der Waals surface area (Å²) in [6, 6.07) is 6.90. The number of aromatic nitrogens is 1. The van der Waals surface area contributed by atoms with Gasteiger partial charge < -0.3 is 4.74 Å². The Balaban J connectivity index is 1.63. The molecule has 8 heteroatoms. The molecule has 2 heterocycles. The summed E-state index contributed by atoms with van der Waals surface area (Å²) < 4.78 is 9.65. The molecular formula is C15H14Cl2N2O3S. The molecule has 0 aliphatic carbocycles. The minimum absolute atomic E-state index is 0.344. The van der Waals surface area contributed by atoms with Crippen LogP contribution in [-0.2, 0) is 9.57 Å². The van der Waals surface area contributed by atoms with Gasteiger partial charge in [-0.2, -0.15) is 4.37 Å². The summed E-state index contributed by atoms with van der Waals surface area (Å²) in [6.07, 6.45) is 2.45. The van der Waals surface area contributed by atoms with Crippen molar-refractivity contribution in [3.05, 3.63) is 39.2 Å². The summed E-state index contributed by atoms with van der Waals surface area (Å²) in [7, 11) is 0. The number of carbonyl (C=O) groups is 1. The number of hydroxylamine groups is 1. The highest BCUT2D eigenvalue weighted by atomic mass is 35.5. The second kappa shape index (κ2) is 7.59. The third-order valence-electron chi connectivity index (χ3n) is 3.37. The van der Waals surface area contributed by atoms with E-state index in [1.165, 1.54) is 0 Å². The summed E-state index contributed by atoms with van der Waals surface area (Å²) in [6.45, 7) is 0.655. The van der Waals surface area contributed by atoms with Gasteiger partial charge in [0.1, 0.15) is 4.88 Å². The summed E-state index contributed by atoms with van der Waals surface area (Å²) in [5.74, 6) is -0.344. The SMILES string of the molecule is O=C(NOC1CCCCO1)c1cc(-c2ccc(Cl)c(Cl)c2)ns1. The number of rotatable bonds is 4. The normalized spacial score (nSPS) is 17.9. The Morgan fingerprint density at radius 1 is 1.30 bits per heavy atom. The Kier molecular flexibility index (Phi) is 5.50. The molecular weight excluding hydrogens is 359 g/mol. The van der Waals surface area contributed by atoms with Crippen LogP contribution < -0.4 is 5.48 Å². The predicted molar refractivity (Wildman–Crippen MR) is 89.7 cm³/mol. The van der Waals surface area contributed by atoms with Gasteiger partial charge in [0.2, 0.25) is 0 Å². The fourth-order valence-electron chi connectivity index (χ4n) is 2.15. The van der Waals surface area contributed by atoms with Crippen molar-refractivity contribution in [3.8, 4) is 11.3 Å². The van der Waals surface area contributed by atoms with Crippen LogP contribution in [0.4, 0.5) is 0 Å². The molecule has 1 aliphatic heterocycles. The summed E-state index contributed by atoms with van der Waals surface area (Å²) in [4.78, 5) is 17.8. The van der Waals surface area contributed by atoms with Crippen LogP contribution in [0.3, 0.4) is 0 Å². The second-order valence-electron chi connectivity index (χ2n) is 5.05. The van der Waals surface area contributed by atoms with E-state index in [-0.39, 0.29) is 12.2 Å². The van der Waals surface area contributed by atoms with Gasteiger partial charge in [0.15, 0.2) is 6.29 Å². The second-order valence-corrected chi connectivity index (χ2v) is 6.67. The van der Waals surface area contributed by atoms with Crippen molar-refractivity contribution in [3.63, 3.8) is 0 Å². The number of nitrogens with zero attached hydrogens (tertiary/aromatic N) is 1. The standard InChI is InChI=1S/C15H14Cl2N2O3S/c16-10-5-4-9(7-11(10)17)12-8-13(23-19-12)15(20)18-22-14-3-1-2-6-21-14/h4-5,7-8,14H,1-3,6H2,(H,18,20). The molecule has 5 nitrogen and oxygen atoms in total. The largest absolute Gasteiger partial charge is 0.350 e. The molecule has 3 rings (SSSR count). The van der Waals surface area contributed by atoms with Crippen LogP contribution in [0.2, 0.25) is 10.0 Å². The molecule has 23 heavy (non-hydrogen) atoms. The maximum atomic E-state index is 12.1. The van der Waals surface area contributed by atoms with Crippen LogP contribution in [0.25, 0.3) is 11.3 Å². The molecule has 1 fully saturated rings. The fourth-order valence-corrected chi connectivity index (χ4v) is 3.09.